The summed E-state index contributed by atoms with van der Waals surface area (Å²) in [6.45, 7) is 1.49. The van der Waals surface area contributed by atoms with E-state index >= 15 is 0 Å². The van der Waals surface area contributed by atoms with Gasteiger partial charge >= 0.3 is 0 Å². The number of nitrogens with one attached hydrogen (secondary N) is 1. The molecule has 0 aliphatic rings. The maximum Gasteiger partial charge on any atom is 0.193 e. The molecule has 7 heteroatoms. The third kappa shape index (κ3) is 5.11. The van der Waals surface area contributed by atoms with Crippen LogP contribution in [0.4, 0.5) is 0 Å². The van der Waals surface area contributed by atoms with Crippen LogP contribution in [0.2, 0.25) is 0 Å². The number of benzene rings is 2. The van der Waals surface area contributed by atoms with Crippen molar-refractivity contribution in [1.29, 1.82) is 0 Å². The number of imidazole rings is 1. The van der Waals surface area contributed by atoms with Crippen LogP contribution >= 0.6 is 0 Å². The standard InChI is InChI=1S/C23H29N5O2/c1-24-23(26-16-19-7-5-6-8-20(19)28-14-12-25-17-28)27(2)13-11-18-9-10-21(29-3)22(15-18)30-4/h5-10,12,14-15,17H,11,13,16H2,1-4H3,(H,24,26). The fourth-order valence-electron chi connectivity index (χ4n) is 3.31. The number of nitrogens with zero attached hydrogens (tertiary/aromatic N) is 4. The minimum atomic E-state index is 0.668. The molecule has 0 aliphatic heterocycles. The lowest BCUT2D eigenvalue weighted by molar-refractivity contribution is 0.354. The molecule has 0 saturated carbocycles. The van der Waals surface area contributed by atoms with Crippen molar-refractivity contribution in [3.05, 3.63) is 72.3 Å². The van der Waals surface area contributed by atoms with Gasteiger partial charge in [0.05, 0.1) is 26.2 Å². The summed E-state index contributed by atoms with van der Waals surface area (Å²) in [6, 6.07) is 14.3. The first-order chi connectivity index (χ1) is 14.7. The van der Waals surface area contributed by atoms with E-state index in [1.54, 1.807) is 27.5 Å². The SMILES string of the molecule is CN=C(NCc1ccccc1-n1ccnc1)N(C)CCc1ccc(OC)c(OC)c1. The highest BCUT2D eigenvalue weighted by molar-refractivity contribution is 5.79. The van der Waals surface area contributed by atoms with Crippen molar-refractivity contribution < 1.29 is 9.47 Å². The minimum absolute atomic E-state index is 0.668. The van der Waals surface area contributed by atoms with E-state index in [0.717, 1.165) is 36.1 Å². The fourth-order valence-corrected chi connectivity index (χ4v) is 3.31. The average molecular weight is 408 g/mol. The second kappa shape index (κ2) is 10.3. The number of guanidine groups is 1. The van der Waals surface area contributed by atoms with Crippen LogP contribution in [0.1, 0.15) is 11.1 Å². The van der Waals surface area contributed by atoms with Crippen LogP contribution in [0.5, 0.6) is 11.5 Å². The van der Waals surface area contributed by atoms with E-state index < -0.39 is 0 Å². The number of hydrogen-bond donors (Lipinski definition) is 1. The van der Waals surface area contributed by atoms with Gasteiger partial charge in [0.15, 0.2) is 17.5 Å². The third-order valence-electron chi connectivity index (χ3n) is 4.97. The molecule has 0 radical (unpaired) electrons. The van der Waals surface area contributed by atoms with Crippen molar-refractivity contribution in [2.75, 3.05) is 34.9 Å². The average Bonchev–Trinajstić information content (AvgIpc) is 3.33. The van der Waals surface area contributed by atoms with Gasteiger partial charge in [0.25, 0.3) is 0 Å². The maximum absolute atomic E-state index is 5.40. The van der Waals surface area contributed by atoms with E-state index in [2.05, 4.69) is 38.4 Å². The maximum atomic E-state index is 5.40. The third-order valence-corrected chi connectivity index (χ3v) is 4.97. The molecule has 1 aromatic heterocycles. The molecule has 30 heavy (non-hydrogen) atoms. The molecule has 2 aromatic carbocycles. The van der Waals surface area contributed by atoms with Gasteiger partial charge in [0.2, 0.25) is 0 Å². The predicted molar refractivity (Wildman–Crippen MR) is 120 cm³/mol. The second-order valence-electron chi connectivity index (χ2n) is 6.86. The molecule has 0 saturated heterocycles. The molecule has 158 valence electrons. The number of hydrogen-bond acceptors (Lipinski definition) is 4. The van der Waals surface area contributed by atoms with Crippen LogP contribution in [0.15, 0.2) is 66.2 Å². The lowest BCUT2D eigenvalue weighted by Gasteiger charge is -2.23. The van der Waals surface area contributed by atoms with E-state index in [-0.39, 0.29) is 0 Å². The van der Waals surface area contributed by atoms with Gasteiger partial charge in [-0.3, -0.25) is 4.99 Å². The molecule has 0 amide bonds. The molecule has 3 aromatic rings. The molecule has 0 unspecified atom stereocenters. The summed E-state index contributed by atoms with van der Waals surface area (Å²) in [7, 11) is 7.14. The summed E-state index contributed by atoms with van der Waals surface area (Å²) in [5.41, 5.74) is 3.45. The molecular formula is C23H29N5O2. The molecule has 7 nitrogen and oxygen atoms in total. The molecule has 1 heterocycles. The van der Waals surface area contributed by atoms with E-state index in [4.69, 9.17) is 9.47 Å². The Morgan fingerprint density at radius 2 is 1.93 bits per heavy atom. The van der Waals surface area contributed by atoms with Crippen LogP contribution < -0.4 is 14.8 Å². The van der Waals surface area contributed by atoms with Gasteiger partial charge in [-0.2, -0.15) is 0 Å². The first-order valence-corrected chi connectivity index (χ1v) is 9.85. The lowest BCUT2D eigenvalue weighted by atomic mass is 10.1. The normalized spacial score (nSPS) is 11.3. The van der Waals surface area contributed by atoms with Crippen molar-refractivity contribution >= 4 is 5.96 Å². The highest BCUT2D eigenvalue weighted by Crippen LogP contribution is 2.27. The molecule has 0 bridgehead atoms. The molecule has 0 fully saturated rings. The van der Waals surface area contributed by atoms with Crippen LogP contribution in [-0.2, 0) is 13.0 Å². The fraction of sp³-hybridized carbons (Fsp3) is 0.304. The van der Waals surface area contributed by atoms with Crippen LogP contribution in [-0.4, -0.2) is 55.3 Å². The zero-order valence-corrected chi connectivity index (χ0v) is 18.0. The smallest absolute Gasteiger partial charge is 0.193 e. The Labute approximate surface area is 178 Å². The summed E-state index contributed by atoms with van der Waals surface area (Å²) in [6.07, 6.45) is 6.40. The van der Waals surface area contributed by atoms with Crippen LogP contribution in [0.3, 0.4) is 0 Å². The molecule has 0 aliphatic carbocycles. The summed E-state index contributed by atoms with van der Waals surface area (Å²) >= 11 is 0. The van der Waals surface area contributed by atoms with Gasteiger partial charge in [0.1, 0.15) is 0 Å². The topological polar surface area (TPSA) is 63.9 Å². The summed E-state index contributed by atoms with van der Waals surface area (Å²) in [4.78, 5) is 10.7. The van der Waals surface area contributed by atoms with Gasteiger partial charge in [-0.25, -0.2) is 4.98 Å². The molecule has 1 N–H and O–H groups in total. The first-order valence-electron chi connectivity index (χ1n) is 9.85. The molecule has 0 spiro atoms. The first kappa shape index (κ1) is 21.2. The van der Waals surface area contributed by atoms with Crippen molar-refractivity contribution in [2.45, 2.75) is 13.0 Å². The predicted octanol–water partition coefficient (Wildman–Crippen LogP) is 3.14. The Morgan fingerprint density at radius 1 is 1.13 bits per heavy atom. The monoisotopic (exact) mass is 407 g/mol. The van der Waals surface area contributed by atoms with Crippen molar-refractivity contribution in [1.82, 2.24) is 19.8 Å². The number of aliphatic imine (C=N–C) groups is 1. The highest BCUT2D eigenvalue weighted by Gasteiger charge is 2.10. The number of ether oxygens (including phenoxy) is 2. The Kier molecular flexibility index (Phi) is 7.32. The van der Waals surface area contributed by atoms with Gasteiger partial charge in [-0.1, -0.05) is 24.3 Å². The summed E-state index contributed by atoms with van der Waals surface area (Å²) in [5, 5.41) is 3.46. The largest absolute Gasteiger partial charge is 0.493 e. The van der Waals surface area contributed by atoms with Crippen LogP contribution in [0, 0.1) is 0 Å². The van der Waals surface area contributed by atoms with Gasteiger partial charge < -0.3 is 24.3 Å². The Hall–Kier alpha value is -3.48. The van der Waals surface area contributed by atoms with Crippen molar-refractivity contribution in [3.63, 3.8) is 0 Å². The van der Waals surface area contributed by atoms with Crippen molar-refractivity contribution in [2.24, 2.45) is 4.99 Å². The van der Waals surface area contributed by atoms with Crippen LogP contribution in [0.25, 0.3) is 5.69 Å². The van der Waals surface area contributed by atoms with Crippen molar-refractivity contribution in [3.8, 4) is 17.2 Å². The zero-order valence-electron chi connectivity index (χ0n) is 18.0. The van der Waals surface area contributed by atoms with Gasteiger partial charge in [-0.15, -0.1) is 0 Å². The Morgan fingerprint density at radius 3 is 2.63 bits per heavy atom. The molecule has 3 rings (SSSR count). The van der Waals surface area contributed by atoms with Gasteiger partial charge in [-0.05, 0) is 35.7 Å². The van der Waals surface area contributed by atoms with E-state index in [0.29, 0.717) is 6.54 Å². The Balaban J connectivity index is 1.61. The minimum Gasteiger partial charge on any atom is -0.493 e. The lowest BCUT2D eigenvalue weighted by Crippen LogP contribution is -2.39. The zero-order chi connectivity index (χ0) is 21.3. The number of rotatable bonds is 8. The number of methoxy groups -OCH3 is 2. The second-order valence-corrected chi connectivity index (χ2v) is 6.86. The summed E-state index contributed by atoms with van der Waals surface area (Å²) < 4.78 is 12.7. The molecular weight excluding hydrogens is 378 g/mol. The Bertz CT molecular complexity index is 969. The molecule has 0 atom stereocenters. The highest BCUT2D eigenvalue weighted by atomic mass is 16.5. The van der Waals surface area contributed by atoms with E-state index in [9.17, 15) is 0 Å². The van der Waals surface area contributed by atoms with E-state index in [1.165, 1.54) is 11.1 Å². The summed E-state index contributed by atoms with van der Waals surface area (Å²) in [5.74, 6) is 2.33. The number of aromatic nitrogens is 2. The number of likely N-dealkylation sites (N-methyl/N-ethyl adjacent to an activating group) is 1. The number of para-hydroxylation sites is 1. The van der Waals surface area contributed by atoms with E-state index in [1.807, 2.05) is 48.4 Å². The quantitative estimate of drug-likeness (QED) is 0.459. The van der Waals surface area contributed by atoms with Gasteiger partial charge in [0, 0.05) is 39.6 Å².